The highest BCUT2D eigenvalue weighted by Crippen LogP contribution is 2.19. The Labute approximate surface area is 109 Å². The Morgan fingerprint density at radius 3 is 2.94 bits per heavy atom. The van der Waals surface area contributed by atoms with E-state index in [1.54, 1.807) is 11.3 Å². The molecule has 0 aliphatic heterocycles. The van der Waals surface area contributed by atoms with Crippen molar-refractivity contribution in [1.82, 2.24) is 14.6 Å². The molecule has 0 radical (unpaired) electrons. The summed E-state index contributed by atoms with van der Waals surface area (Å²) in [7, 11) is 0. The van der Waals surface area contributed by atoms with Crippen LogP contribution in [-0.4, -0.2) is 25.7 Å². The van der Waals surface area contributed by atoms with Gasteiger partial charge in [-0.3, -0.25) is 9.20 Å². The van der Waals surface area contributed by atoms with Crippen molar-refractivity contribution in [2.75, 3.05) is 0 Å². The van der Waals surface area contributed by atoms with Crippen LogP contribution < -0.4 is 0 Å². The molecule has 0 aromatic carbocycles. The first-order chi connectivity index (χ1) is 8.58. The minimum Gasteiger partial charge on any atom is -0.481 e. The van der Waals surface area contributed by atoms with Gasteiger partial charge in [0.25, 0.3) is 0 Å². The number of rotatable bonds is 6. The smallest absolute Gasteiger partial charge is 0.303 e. The van der Waals surface area contributed by atoms with E-state index in [1.165, 1.54) is 0 Å². The standard InChI is InChI=1S/C12H17N3O2S/c1-8(2)6-10-13-14-12-15(10)9(7-18-12)4-3-5-11(16)17/h7-8H,3-6H2,1-2H3,(H,16,17). The van der Waals surface area contributed by atoms with E-state index in [4.69, 9.17) is 5.11 Å². The van der Waals surface area contributed by atoms with Gasteiger partial charge in [-0.1, -0.05) is 13.8 Å². The molecule has 2 rings (SSSR count). The Balaban J connectivity index is 2.17. The van der Waals surface area contributed by atoms with Crippen LogP contribution >= 0.6 is 11.3 Å². The van der Waals surface area contributed by atoms with E-state index in [0.717, 1.165) is 29.3 Å². The molecule has 6 heteroatoms. The molecule has 98 valence electrons. The summed E-state index contributed by atoms with van der Waals surface area (Å²) >= 11 is 1.56. The molecule has 0 saturated carbocycles. The summed E-state index contributed by atoms with van der Waals surface area (Å²) in [6.45, 7) is 4.30. The maximum atomic E-state index is 10.5. The first kappa shape index (κ1) is 13.0. The highest BCUT2D eigenvalue weighted by molar-refractivity contribution is 7.15. The Kier molecular flexibility index (Phi) is 3.96. The largest absolute Gasteiger partial charge is 0.481 e. The van der Waals surface area contributed by atoms with Gasteiger partial charge in [-0.2, -0.15) is 0 Å². The first-order valence-corrected chi connectivity index (χ1v) is 6.98. The van der Waals surface area contributed by atoms with Gasteiger partial charge < -0.3 is 5.11 Å². The number of hydrogen-bond acceptors (Lipinski definition) is 4. The number of carbonyl (C=O) groups is 1. The van der Waals surface area contributed by atoms with Gasteiger partial charge in [0.2, 0.25) is 4.96 Å². The average Bonchev–Trinajstić information content (AvgIpc) is 2.82. The zero-order valence-corrected chi connectivity index (χ0v) is 11.4. The van der Waals surface area contributed by atoms with E-state index in [2.05, 4.69) is 33.8 Å². The fourth-order valence-electron chi connectivity index (χ4n) is 1.93. The summed E-state index contributed by atoms with van der Waals surface area (Å²) in [5.74, 6) is 0.767. The fraction of sp³-hybridized carbons (Fsp3) is 0.583. The van der Waals surface area contributed by atoms with Crippen LogP contribution in [0.25, 0.3) is 4.96 Å². The topological polar surface area (TPSA) is 67.5 Å². The molecule has 1 N–H and O–H groups in total. The molecule has 0 atom stereocenters. The molecular weight excluding hydrogens is 250 g/mol. The molecule has 0 amide bonds. The lowest BCUT2D eigenvalue weighted by Gasteiger charge is -2.04. The SMILES string of the molecule is CC(C)Cc1nnc2scc(CCCC(=O)O)n12. The molecule has 2 aromatic heterocycles. The lowest BCUT2D eigenvalue weighted by molar-refractivity contribution is -0.137. The number of aliphatic carboxylic acids is 1. The van der Waals surface area contributed by atoms with Crippen molar-refractivity contribution in [3.05, 3.63) is 16.9 Å². The van der Waals surface area contributed by atoms with Crippen molar-refractivity contribution in [2.45, 2.75) is 39.5 Å². The van der Waals surface area contributed by atoms with Crippen LogP contribution in [-0.2, 0) is 17.6 Å². The maximum Gasteiger partial charge on any atom is 0.303 e. The van der Waals surface area contributed by atoms with Gasteiger partial charge in [-0.15, -0.1) is 21.5 Å². The van der Waals surface area contributed by atoms with Crippen molar-refractivity contribution >= 4 is 22.3 Å². The van der Waals surface area contributed by atoms with E-state index in [-0.39, 0.29) is 6.42 Å². The van der Waals surface area contributed by atoms with E-state index in [1.807, 2.05) is 0 Å². The van der Waals surface area contributed by atoms with Crippen LogP contribution in [0.2, 0.25) is 0 Å². The minimum absolute atomic E-state index is 0.207. The number of carboxylic acid groups (broad SMARTS) is 1. The molecule has 5 nitrogen and oxygen atoms in total. The predicted molar refractivity (Wildman–Crippen MR) is 70.0 cm³/mol. The van der Waals surface area contributed by atoms with E-state index in [9.17, 15) is 4.79 Å². The van der Waals surface area contributed by atoms with Crippen molar-refractivity contribution in [3.8, 4) is 0 Å². The maximum absolute atomic E-state index is 10.5. The Morgan fingerprint density at radius 2 is 2.28 bits per heavy atom. The monoisotopic (exact) mass is 267 g/mol. The quantitative estimate of drug-likeness (QED) is 0.872. The summed E-state index contributed by atoms with van der Waals surface area (Å²) in [5, 5.41) is 19.1. The van der Waals surface area contributed by atoms with Crippen molar-refractivity contribution < 1.29 is 9.90 Å². The predicted octanol–water partition coefficient (Wildman–Crippen LogP) is 2.40. The Hall–Kier alpha value is -1.43. The van der Waals surface area contributed by atoms with Crippen LogP contribution in [0, 0.1) is 5.92 Å². The van der Waals surface area contributed by atoms with E-state index in [0.29, 0.717) is 12.3 Å². The Bertz CT molecular complexity index is 545. The number of aryl methyl sites for hydroxylation is 1. The summed E-state index contributed by atoms with van der Waals surface area (Å²) in [6.07, 6.45) is 2.51. The third kappa shape index (κ3) is 2.87. The second-order valence-electron chi connectivity index (χ2n) is 4.81. The molecule has 0 aliphatic rings. The molecule has 2 aromatic rings. The molecule has 0 fully saturated rings. The number of hydrogen-bond donors (Lipinski definition) is 1. The number of thiazole rings is 1. The summed E-state index contributed by atoms with van der Waals surface area (Å²) in [4.78, 5) is 11.4. The van der Waals surface area contributed by atoms with Gasteiger partial charge in [0.15, 0.2) is 0 Å². The summed E-state index contributed by atoms with van der Waals surface area (Å²) in [6, 6.07) is 0. The number of aromatic nitrogens is 3. The molecule has 0 spiro atoms. The lowest BCUT2D eigenvalue weighted by atomic mass is 10.1. The van der Waals surface area contributed by atoms with E-state index >= 15 is 0 Å². The van der Waals surface area contributed by atoms with Gasteiger partial charge in [0.05, 0.1) is 0 Å². The molecular formula is C12H17N3O2S. The van der Waals surface area contributed by atoms with Gasteiger partial charge in [0, 0.05) is 23.9 Å². The van der Waals surface area contributed by atoms with Crippen LogP contribution in [0.15, 0.2) is 5.38 Å². The zero-order chi connectivity index (χ0) is 13.1. The zero-order valence-electron chi connectivity index (χ0n) is 10.6. The lowest BCUT2D eigenvalue weighted by Crippen LogP contribution is -2.03. The molecule has 0 saturated heterocycles. The van der Waals surface area contributed by atoms with Crippen molar-refractivity contribution in [2.24, 2.45) is 5.92 Å². The molecule has 0 unspecified atom stereocenters. The van der Waals surface area contributed by atoms with Crippen LogP contribution in [0.4, 0.5) is 0 Å². The van der Waals surface area contributed by atoms with Crippen LogP contribution in [0.5, 0.6) is 0 Å². The second kappa shape index (κ2) is 5.48. The molecule has 18 heavy (non-hydrogen) atoms. The second-order valence-corrected chi connectivity index (χ2v) is 5.64. The first-order valence-electron chi connectivity index (χ1n) is 6.10. The van der Waals surface area contributed by atoms with Crippen molar-refractivity contribution in [1.29, 1.82) is 0 Å². The number of nitrogens with zero attached hydrogens (tertiary/aromatic N) is 3. The Morgan fingerprint density at radius 1 is 1.50 bits per heavy atom. The average molecular weight is 267 g/mol. The minimum atomic E-state index is -0.743. The van der Waals surface area contributed by atoms with Gasteiger partial charge in [0.1, 0.15) is 5.82 Å². The molecule has 0 aliphatic carbocycles. The molecule has 0 bridgehead atoms. The molecule has 2 heterocycles. The van der Waals surface area contributed by atoms with Gasteiger partial charge in [-0.05, 0) is 18.8 Å². The fourth-order valence-corrected chi connectivity index (χ4v) is 2.81. The third-order valence-corrected chi connectivity index (χ3v) is 3.57. The highest BCUT2D eigenvalue weighted by atomic mass is 32.1. The van der Waals surface area contributed by atoms with Gasteiger partial charge in [-0.25, -0.2) is 0 Å². The normalized spacial score (nSPS) is 11.5. The number of fused-ring (bicyclic) bond motifs is 1. The third-order valence-electron chi connectivity index (χ3n) is 2.70. The van der Waals surface area contributed by atoms with Crippen LogP contribution in [0.3, 0.4) is 0 Å². The van der Waals surface area contributed by atoms with Gasteiger partial charge >= 0.3 is 5.97 Å². The summed E-state index contributed by atoms with van der Waals surface area (Å²) < 4.78 is 2.08. The van der Waals surface area contributed by atoms with E-state index < -0.39 is 5.97 Å². The highest BCUT2D eigenvalue weighted by Gasteiger charge is 2.13. The summed E-state index contributed by atoms with van der Waals surface area (Å²) in [5.41, 5.74) is 1.12. The number of carboxylic acids is 1. The van der Waals surface area contributed by atoms with Crippen LogP contribution in [0.1, 0.15) is 38.2 Å². The van der Waals surface area contributed by atoms with Crippen molar-refractivity contribution in [3.63, 3.8) is 0 Å².